The van der Waals surface area contributed by atoms with E-state index in [1.165, 1.54) is 4.90 Å². The third-order valence-electron chi connectivity index (χ3n) is 7.36. The highest BCUT2D eigenvalue weighted by molar-refractivity contribution is 6.23. The van der Waals surface area contributed by atoms with Gasteiger partial charge in [0.2, 0.25) is 11.8 Å². The zero-order valence-corrected chi connectivity index (χ0v) is 17.8. The lowest BCUT2D eigenvalue weighted by atomic mass is 9.47. The van der Waals surface area contributed by atoms with E-state index in [0.29, 0.717) is 5.82 Å². The second kappa shape index (κ2) is 6.82. The molecule has 2 bridgehead atoms. The summed E-state index contributed by atoms with van der Waals surface area (Å²) in [5.41, 5.74) is 3.13. The molecule has 2 aromatic carbocycles. The Labute approximate surface area is 185 Å². The molecule has 2 unspecified atom stereocenters. The molecule has 6 heteroatoms. The van der Waals surface area contributed by atoms with Gasteiger partial charge < -0.3 is 9.47 Å². The first-order chi connectivity index (χ1) is 15.7. The number of methoxy groups -OCH3 is 2. The average Bonchev–Trinajstić information content (AvgIpc) is 3.11. The molecule has 160 valence electrons. The molecule has 6 nitrogen and oxygen atoms in total. The lowest BCUT2D eigenvalue weighted by molar-refractivity contribution is -0.168. The van der Waals surface area contributed by atoms with Gasteiger partial charge in [0.05, 0.1) is 17.3 Å². The summed E-state index contributed by atoms with van der Waals surface area (Å²) in [7, 11) is 3.17. The molecular formula is C26H22N2O4. The van der Waals surface area contributed by atoms with Gasteiger partial charge in [0, 0.05) is 26.3 Å². The number of carbonyl (C=O) groups is 2. The standard InChI is InChI=1S/C26H22N2O4/c1-31-25(32-2)26-17-11-5-3-9-15(17)20(16-10-4-6-12-18(16)26)21-22(26)24(30)28(23(21)29)19-13-7-8-14-27-19/h3-14,20-22,25H,1-2H3. The maximum Gasteiger partial charge on any atom is 0.240 e. The maximum absolute atomic E-state index is 14.1. The number of imide groups is 1. The van der Waals surface area contributed by atoms with Gasteiger partial charge >= 0.3 is 0 Å². The van der Waals surface area contributed by atoms with Crippen molar-refractivity contribution in [2.45, 2.75) is 17.6 Å². The summed E-state index contributed by atoms with van der Waals surface area (Å²) in [5, 5.41) is 0. The number of rotatable bonds is 4. The first-order valence-electron chi connectivity index (χ1n) is 10.7. The molecule has 2 atom stereocenters. The van der Waals surface area contributed by atoms with Crippen LogP contribution in [0.15, 0.2) is 72.9 Å². The lowest BCUT2D eigenvalue weighted by Gasteiger charge is -2.56. The van der Waals surface area contributed by atoms with Gasteiger partial charge in [0.1, 0.15) is 5.82 Å². The van der Waals surface area contributed by atoms with E-state index in [2.05, 4.69) is 17.1 Å². The van der Waals surface area contributed by atoms with Gasteiger partial charge in [-0.25, -0.2) is 9.88 Å². The van der Waals surface area contributed by atoms with Gasteiger partial charge in [0.25, 0.3) is 0 Å². The zero-order chi connectivity index (χ0) is 22.0. The van der Waals surface area contributed by atoms with Gasteiger partial charge in [-0.2, -0.15) is 0 Å². The Hall–Kier alpha value is -3.35. The highest BCUT2D eigenvalue weighted by Gasteiger charge is 2.71. The minimum atomic E-state index is -0.952. The summed E-state index contributed by atoms with van der Waals surface area (Å²) >= 11 is 0. The minimum absolute atomic E-state index is 0.214. The monoisotopic (exact) mass is 426 g/mol. The number of anilines is 1. The quantitative estimate of drug-likeness (QED) is 0.473. The summed E-state index contributed by atoms with van der Waals surface area (Å²) in [4.78, 5) is 33.5. The highest BCUT2D eigenvalue weighted by Crippen LogP contribution is 2.65. The van der Waals surface area contributed by atoms with Crippen molar-refractivity contribution in [2.75, 3.05) is 19.1 Å². The number of nitrogens with zero attached hydrogens (tertiary/aromatic N) is 2. The molecule has 1 aliphatic heterocycles. The number of pyridine rings is 1. The van der Waals surface area contributed by atoms with Crippen molar-refractivity contribution in [1.29, 1.82) is 0 Å². The van der Waals surface area contributed by atoms with E-state index < -0.39 is 23.5 Å². The van der Waals surface area contributed by atoms with Crippen molar-refractivity contribution in [3.8, 4) is 0 Å². The Morgan fingerprint density at radius 2 is 1.44 bits per heavy atom. The van der Waals surface area contributed by atoms with E-state index in [-0.39, 0.29) is 17.7 Å². The predicted octanol–water partition coefficient (Wildman–Crippen LogP) is 3.25. The Morgan fingerprint density at radius 1 is 0.844 bits per heavy atom. The van der Waals surface area contributed by atoms with Gasteiger partial charge in [-0.15, -0.1) is 0 Å². The molecule has 3 aliphatic carbocycles. The highest BCUT2D eigenvalue weighted by atomic mass is 16.7. The molecule has 4 aliphatic rings. The van der Waals surface area contributed by atoms with Crippen LogP contribution < -0.4 is 4.90 Å². The van der Waals surface area contributed by atoms with E-state index in [1.54, 1.807) is 38.6 Å². The van der Waals surface area contributed by atoms with Crippen LogP contribution in [0.25, 0.3) is 0 Å². The summed E-state index contributed by atoms with van der Waals surface area (Å²) in [6.07, 6.45) is 0.845. The van der Waals surface area contributed by atoms with Crippen molar-refractivity contribution in [2.24, 2.45) is 11.8 Å². The van der Waals surface area contributed by atoms with Crippen LogP contribution in [0.2, 0.25) is 0 Å². The van der Waals surface area contributed by atoms with Crippen LogP contribution in [0.5, 0.6) is 0 Å². The van der Waals surface area contributed by atoms with Crippen LogP contribution in [-0.2, 0) is 24.5 Å². The molecule has 0 spiro atoms. The number of carbonyl (C=O) groups excluding carboxylic acids is 2. The van der Waals surface area contributed by atoms with Crippen LogP contribution in [0, 0.1) is 11.8 Å². The van der Waals surface area contributed by atoms with E-state index in [9.17, 15) is 9.59 Å². The topological polar surface area (TPSA) is 68.7 Å². The molecule has 0 radical (unpaired) electrons. The van der Waals surface area contributed by atoms with Gasteiger partial charge in [-0.05, 0) is 34.4 Å². The van der Waals surface area contributed by atoms with E-state index in [4.69, 9.17) is 9.47 Å². The summed E-state index contributed by atoms with van der Waals surface area (Å²) in [6.45, 7) is 0. The second-order valence-corrected chi connectivity index (χ2v) is 8.53. The zero-order valence-electron chi connectivity index (χ0n) is 17.8. The smallest absolute Gasteiger partial charge is 0.240 e. The molecule has 1 fully saturated rings. The molecule has 1 aromatic heterocycles. The Morgan fingerprint density at radius 3 is 2.00 bits per heavy atom. The largest absolute Gasteiger partial charge is 0.355 e. The van der Waals surface area contributed by atoms with E-state index >= 15 is 0 Å². The summed E-state index contributed by atoms with van der Waals surface area (Å²) in [5.74, 6) is -1.55. The third-order valence-corrected chi connectivity index (χ3v) is 7.36. The van der Waals surface area contributed by atoms with Crippen LogP contribution in [0.4, 0.5) is 5.82 Å². The normalized spacial score (nSPS) is 27.5. The molecule has 1 saturated heterocycles. The van der Waals surface area contributed by atoms with Gasteiger partial charge in [0.15, 0.2) is 6.29 Å². The molecule has 32 heavy (non-hydrogen) atoms. The molecule has 2 amide bonds. The predicted molar refractivity (Wildman–Crippen MR) is 117 cm³/mol. The Kier molecular flexibility index (Phi) is 4.12. The number of hydrogen-bond donors (Lipinski definition) is 0. The van der Waals surface area contributed by atoms with Crippen molar-refractivity contribution >= 4 is 17.6 Å². The molecule has 7 rings (SSSR count). The molecule has 2 heterocycles. The Balaban J connectivity index is 1.69. The van der Waals surface area contributed by atoms with Crippen molar-refractivity contribution < 1.29 is 19.1 Å². The van der Waals surface area contributed by atoms with Gasteiger partial charge in [-0.3, -0.25) is 9.59 Å². The van der Waals surface area contributed by atoms with Gasteiger partial charge in [-0.1, -0.05) is 54.6 Å². The van der Waals surface area contributed by atoms with Crippen LogP contribution in [0.1, 0.15) is 28.2 Å². The number of hydrogen-bond acceptors (Lipinski definition) is 5. The summed E-state index contributed by atoms with van der Waals surface area (Å²) in [6, 6.07) is 21.4. The van der Waals surface area contributed by atoms with Crippen LogP contribution in [-0.4, -0.2) is 37.3 Å². The maximum atomic E-state index is 14.1. The fourth-order valence-electron chi connectivity index (χ4n) is 6.41. The number of amides is 2. The molecular weight excluding hydrogens is 404 g/mol. The second-order valence-electron chi connectivity index (χ2n) is 8.53. The van der Waals surface area contributed by atoms with Crippen molar-refractivity contribution in [3.63, 3.8) is 0 Å². The van der Waals surface area contributed by atoms with E-state index in [0.717, 1.165) is 22.3 Å². The number of benzene rings is 2. The fourth-order valence-corrected chi connectivity index (χ4v) is 6.41. The van der Waals surface area contributed by atoms with Crippen LogP contribution >= 0.6 is 0 Å². The lowest BCUT2D eigenvalue weighted by Crippen LogP contribution is -2.60. The van der Waals surface area contributed by atoms with Crippen molar-refractivity contribution in [3.05, 3.63) is 95.2 Å². The minimum Gasteiger partial charge on any atom is -0.355 e. The average molecular weight is 426 g/mol. The number of aromatic nitrogens is 1. The molecule has 0 saturated carbocycles. The fraction of sp³-hybridized carbons (Fsp3) is 0.269. The van der Waals surface area contributed by atoms with Crippen molar-refractivity contribution in [1.82, 2.24) is 4.98 Å². The Bertz CT molecular complexity index is 1190. The summed E-state index contributed by atoms with van der Waals surface area (Å²) < 4.78 is 11.8. The first kappa shape index (κ1) is 19.3. The molecule has 0 N–H and O–H groups in total. The molecule has 3 aromatic rings. The first-order valence-corrected chi connectivity index (χ1v) is 10.7. The number of ether oxygens (including phenoxy) is 2. The SMILES string of the molecule is COC(OC)C12c3ccccc3C(c3ccccc31)C1C(=O)N(c3ccccn3)C(=O)C12. The third kappa shape index (κ3) is 2.13. The van der Waals surface area contributed by atoms with E-state index in [1.807, 2.05) is 36.4 Å². The van der Waals surface area contributed by atoms with Crippen LogP contribution in [0.3, 0.4) is 0 Å².